The van der Waals surface area contributed by atoms with Gasteiger partial charge in [-0.05, 0) is 33.6 Å². The second-order valence-electron chi connectivity index (χ2n) is 5.61. The summed E-state index contributed by atoms with van der Waals surface area (Å²) < 4.78 is 5.50. The van der Waals surface area contributed by atoms with E-state index in [9.17, 15) is 15.0 Å². The summed E-state index contributed by atoms with van der Waals surface area (Å²) in [5.74, 6) is -0.0368. The van der Waals surface area contributed by atoms with Crippen LogP contribution < -0.4 is 4.90 Å². The molecule has 2 heterocycles. The molecule has 0 aliphatic carbocycles. The first kappa shape index (κ1) is 16.8. The highest BCUT2D eigenvalue weighted by molar-refractivity contribution is 9.10. The summed E-state index contributed by atoms with van der Waals surface area (Å²) in [6.07, 6.45) is 3.23. The third kappa shape index (κ3) is 2.66. The molecule has 0 spiro atoms. The van der Waals surface area contributed by atoms with Gasteiger partial charge in [0.05, 0.1) is 35.8 Å². The highest BCUT2D eigenvalue weighted by atomic mass is 79.9. The normalized spacial score (nSPS) is 15.2. The molecule has 1 aliphatic rings. The van der Waals surface area contributed by atoms with Crippen LogP contribution in [0.3, 0.4) is 0 Å². The maximum Gasteiger partial charge on any atom is 0.337 e. The lowest BCUT2D eigenvalue weighted by atomic mass is 9.84. The number of methoxy groups -OCH3 is 1. The number of aromatic nitrogens is 2. The molecule has 2 aromatic rings. The monoisotopic (exact) mass is 393 g/mol. The summed E-state index contributed by atoms with van der Waals surface area (Å²) in [4.78, 5) is 22.2. The van der Waals surface area contributed by atoms with Gasteiger partial charge in [0.15, 0.2) is 0 Å². The number of hydrogen-bond donors (Lipinski definition) is 2. The molecule has 126 valence electrons. The van der Waals surface area contributed by atoms with Crippen molar-refractivity contribution in [2.75, 3.05) is 31.8 Å². The Hall–Kier alpha value is -2.03. The van der Waals surface area contributed by atoms with Crippen molar-refractivity contribution in [3.63, 3.8) is 0 Å². The number of ether oxygens (including phenoxy) is 1. The molecule has 0 bridgehead atoms. The number of carbonyl (C=O) groups is 1. The van der Waals surface area contributed by atoms with Gasteiger partial charge in [-0.25, -0.2) is 14.8 Å². The number of nitrogens with zero attached hydrogens (tertiary/aromatic N) is 3. The van der Waals surface area contributed by atoms with E-state index in [1.54, 1.807) is 35.5 Å². The number of aliphatic hydroxyl groups excluding tert-OH is 2. The highest BCUT2D eigenvalue weighted by Gasteiger charge is 2.43. The van der Waals surface area contributed by atoms with Gasteiger partial charge in [0.1, 0.15) is 0 Å². The molecule has 0 radical (unpaired) electrons. The minimum absolute atomic E-state index is 0.235. The van der Waals surface area contributed by atoms with Crippen LogP contribution in [-0.2, 0) is 10.2 Å². The van der Waals surface area contributed by atoms with E-state index in [4.69, 9.17) is 4.74 Å². The average Bonchev–Trinajstić information content (AvgIpc) is 2.96. The number of aliphatic hydroxyl groups is 2. The molecule has 0 fully saturated rings. The fourth-order valence-corrected chi connectivity index (χ4v) is 3.07. The van der Waals surface area contributed by atoms with Crippen molar-refractivity contribution in [3.05, 3.63) is 46.2 Å². The van der Waals surface area contributed by atoms with Crippen LogP contribution >= 0.6 is 15.9 Å². The number of halogens is 1. The minimum atomic E-state index is -0.847. The molecular weight excluding hydrogens is 378 g/mol. The van der Waals surface area contributed by atoms with Gasteiger partial charge in [-0.1, -0.05) is 6.07 Å². The number of fused-ring (bicyclic) bond motifs is 1. The Morgan fingerprint density at radius 3 is 2.58 bits per heavy atom. The van der Waals surface area contributed by atoms with Crippen LogP contribution in [-0.4, -0.2) is 53.0 Å². The summed E-state index contributed by atoms with van der Waals surface area (Å²) in [6.45, 7) is -0.163. The molecule has 0 saturated heterocycles. The van der Waals surface area contributed by atoms with Crippen LogP contribution in [0.4, 0.5) is 11.6 Å². The summed E-state index contributed by atoms with van der Waals surface area (Å²) in [7, 11) is 1.32. The summed E-state index contributed by atoms with van der Waals surface area (Å²) in [5, 5.41) is 19.7. The van der Waals surface area contributed by atoms with Gasteiger partial charge in [-0.2, -0.15) is 0 Å². The van der Waals surface area contributed by atoms with Gasteiger partial charge in [0.25, 0.3) is 0 Å². The zero-order chi connectivity index (χ0) is 17.3. The predicted octanol–water partition coefficient (Wildman–Crippen LogP) is 1.40. The summed E-state index contributed by atoms with van der Waals surface area (Å²) >= 11 is 3.29. The fourth-order valence-electron chi connectivity index (χ4n) is 2.86. The molecule has 0 saturated carbocycles. The topological polar surface area (TPSA) is 95.8 Å². The van der Waals surface area contributed by atoms with Gasteiger partial charge in [0.2, 0.25) is 5.95 Å². The second-order valence-corrected chi connectivity index (χ2v) is 6.52. The first-order valence-corrected chi connectivity index (χ1v) is 8.03. The number of benzene rings is 1. The number of esters is 1. The fraction of sp³-hybridized carbons (Fsp3) is 0.312. The predicted molar refractivity (Wildman–Crippen MR) is 90.4 cm³/mol. The molecule has 0 unspecified atom stereocenters. The van der Waals surface area contributed by atoms with E-state index in [0.717, 1.165) is 10.0 Å². The Labute approximate surface area is 147 Å². The van der Waals surface area contributed by atoms with Crippen molar-refractivity contribution in [2.45, 2.75) is 5.41 Å². The Balaban J connectivity index is 2.14. The number of hydrogen-bond acceptors (Lipinski definition) is 7. The maximum absolute atomic E-state index is 11.8. The Morgan fingerprint density at radius 1 is 1.33 bits per heavy atom. The zero-order valence-corrected chi connectivity index (χ0v) is 14.5. The van der Waals surface area contributed by atoms with Crippen molar-refractivity contribution in [3.8, 4) is 0 Å². The molecule has 24 heavy (non-hydrogen) atoms. The lowest BCUT2D eigenvalue weighted by Crippen LogP contribution is -2.39. The lowest BCUT2D eigenvalue weighted by molar-refractivity contribution is 0.0601. The summed E-state index contributed by atoms with van der Waals surface area (Å²) in [5.41, 5.74) is 0.945. The van der Waals surface area contributed by atoms with Crippen LogP contribution in [0, 0.1) is 0 Å². The van der Waals surface area contributed by atoms with Gasteiger partial charge >= 0.3 is 5.97 Å². The standard InChI is InChI=1S/C16H16BrN3O4/c1-24-14(23)10-2-3-12-13(4-10)20(7-16(12,8-21)9-22)15-18-5-11(17)6-19-15/h2-6,21-22H,7-9H2,1H3. The van der Waals surface area contributed by atoms with E-state index in [-0.39, 0.29) is 13.2 Å². The number of anilines is 2. The molecule has 0 amide bonds. The number of rotatable bonds is 4. The third-order valence-corrected chi connectivity index (χ3v) is 4.60. The van der Waals surface area contributed by atoms with Gasteiger partial charge < -0.3 is 19.8 Å². The van der Waals surface area contributed by atoms with E-state index in [1.165, 1.54) is 7.11 Å². The van der Waals surface area contributed by atoms with Crippen LogP contribution in [0.2, 0.25) is 0 Å². The highest BCUT2D eigenvalue weighted by Crippen LogP contribution is 2.43. The Bertz CT molecular complexity index is 762. The SMILES string of the molecule is COC(=O)c1ccc2c(c1)N(c1ncc(Br)cn1)CC2(CO)CO. The van der Waals surface area contributed by atoms with Crippen LogP contribution in [0.15, 0.2) is 35.1 Å². The van der Waals surface area contributed by atoms with Gasteiger partial charge in [-0.3, -0.25) is 0 Å². The summed E-state index contributed by atoms with van der Waals surface area (Å²) in [6, 6.07) is 5.02. The Morgan fingerprint density at radius 2 is 2.00 bits per heavy atom. The van der Waals surface area contributed by atoms with Gasteiger partial charge in [0, 0.05) is 24.6 Å². The van der Waals surface area contributed by atoms with Crippen molar-refractivity contribution in [1.82, 2.24) is 9.97 Å². The van der Waals surface area contributed by atoms with Crippen LogP contribution in [0.5, 0.6) is 0 Å². The smallest absolute Gasteiger partial charge is 0.337 e. The Kier molecular flexibility index (Phi) is 4.53. The molecule has 7 nitrogen and oxygen atoms in total. The first-order chi connectivity index (χ1) is 11.5. The zero-order valence-electron chi connectivity index (χ0n) is 12.9. The van der Waals surface area contributed by atoms with E-state index < -0.39 is 11.4 Å². The van der Waals surface area contributed by atoms with E-state index in [0.29, 0.717) is 23.7 Å². The number of carbonyl (C=O) groups excluding carboxylic acids is 1. The van der Waals surface area contributed by atoms with Crippen molar-refractivity contribution in [2.24, 2.45) is 0 Å². The van der Waals surface area contributed by atoms with Crippen LogP contribution in [0.1, 0.15) is 15.9 Å². The van der Waals surface area contributed by atoms with Gasteiger partial charge in [-0.15, -0.1) is 0 Å². The second kappa shape index (κ2) is 6.46. The molecule has 3 rings (SSSR count). The molecule has 8 heteroatoms. The third-order valence-electron chi connectivity index (χ3n) is 4.20. The van der Waals surface area contributed by atoms with Crippen molar-refractivity contribution >= 4 is 33.5 Å². The van der Waals surface area contributed by atoms with Crippen molar-refractivity contribution in [1.29, 1.82) is 0 Å². The quantitative estimate of drug-likeness (QED) is 0.757. The van der Waals surface area contributed by atoms with E-state index in [1.807, 2.05) is 0 Å². The van der Waals surface area contributed by atoms with E-state index in [2.05, 4.69) is 25.9 Å². The lowest BCUT2D eigenvalue weighted by Gasteiger charge is -2.25. The average molecular weight is 394 g/mol. The van der Waals surface area contributed by atoms with E-state index >= 15 is 0 Å². The minimum Gasteiger partial charge on any atom is -0.465 e. The van der Waals surface area contributed by atoms with Crippen LogP contribution in [0.25, 0.3) is 0 Å². The first-order valence-electron chi connectivity index (χ1n) is 7.24. The largest absolute Gasteiger partial charge is 0.465 e. The molecular formula is C16H16BrN3O4. The molecule has 2 N–H and O–H groups in total. The molecule has 1 aromatic carbocycles. The maximum atomic E-state index is 11.8. The van der Waals surface area contributed by atoms with Crippen molar-refractivity contribution < 1.29 is 19.7 Å². The molecule has 1 aliphatic heterocycles. The molecule has 0 atom stereocenters. The molecule has 1 aromatic heterocycles.